The largest absolute Gasteiger partial charge is 0.497 e. The van der Waals surface area contributed by atoms with Gasteiger partial charge < -0.3 is 19.5 Å². The molecule has 0 bridgehead atoms. The van der Waals surface area contributed by atoms with E-state index in [1.807, 2.05) is 42.5 Å². The first kappa shape index (κ1) is 19.8. The molecule has 0 aromatic heterocycles. The Balaban J connectivity index is 1.76. The molecule has 0 saturated heterocycles. The van der Waals surface area contributed by atoms with Crippen LogP contribution in [0.1, 0.15) is 15.9 Å². The average Bonchev–Trinajstić information content (AvgIpc) is 2.72. The lowest BCUT2D eigenvalue weighted by Gasteiger charge is -2.13. The maximum atomic E-state index is 12.6. The van der Waals surface area contributed by atoms with E-state index in [2.05, 4.69) is 21.2 Å². The minimum atomic E-state index is -0.205. The highest BCUT2D eigenvalue weighted by molar-refractivity contribution is 9.10. The van der Waals surface area contributed by atoms with Crippen molar-refractivity contribution >= 4 is 27.5 Å². The maximum Gasteiger partial charge on any atom is 0.255 e. The average molecular weight is 442 g/mol. The Hall–Kier alpha value is -2.99. The molecule has 1 amide bonds. The Morgan fingerprint density at radius 1 is 0.929 bits per heavy atom. The van der Waals surface area contributed by atoms with Gasteiger partial charge in [0.1, 0.15) is 23.9 Å². The number of carbonyl (C=O) groups is 1. The third-order valence-electron chi connectivity index (χ3n) is 4.06. The zero-order chi connectivity index (χ0) is 19.9. The van der Waals surface area contributed by atoms with Crippen molar-refractivity contribution < 1.29 is 19.0 Å². The normalized spacial score (nSPS) is 10.2. The second-order valence-electron chi connectivity index (χ2n) is 5.96. The molecule has 0 unspecified atom stereocenters. The number of amides is 1. The van der Waals surface area contributed by atoms with E-state index in [0.717, 1.165) is 10.0 Å². The van der Waals surface area contributed by atoms with Crippen molar-refractivity contribution in [3.8, 4) is 17.2 Å². The van der Waals surface area contributed by atoms with Crippen LogP contribution in [-0.4, -0.2) is 20.1 Å². The number of nitrogens with one attached hydrogen (secondary N) is 1. The zero-order valence-corrected chi connectivity index (χ0v) is 17.2. The molecule has 0 spiro atoms. The lowest BCUT2D eigenvalue weighted by molar-refractivity contribution is 0.102. The molecule has 5 nitrogen and oxygen atoms in total. The molecule has 3 aromatic carbocycles. The molecule has 0 aliphatic carbocycles. The van der Waals surface area contributed by atoms with Crippen LogP contribution in [0.2, 0.25) is 0 Å². The first-order valence-electron chi connectivity index (χ1n) is 8.59. The minimum absolute atomic E-state index is 0.205. The number of carbonyl (C=O) groups excluding carboxylic acids is 1. The number of rotatable bonds is 7. The monoisotopic (exact) mass is 441 g/mol. The second kappa shape index (κ2) is 9.28. The summed E-state index contributed by atoms with van der Waals surface area (Å²) >= 11 is 3.40. The van der Waals surface area contributed by atoms with E-state index in [1.54, 1.807) is 38.5 Å². The van der Waals surface area contributed by atoms with Crippen LogP contribution in [0, 0.1) is 0 Å². The molecule has 0 aliphatic heterocycles. The van der Waals surface area contributed by atoms with E-state index in [9.17, 15) is 4.79 Å². The Bertz CT molecular complexity index is 974. The summed E-state index contributed by atoms with van der Waals surface area (Å²) in [6.07, 6.45) is 0. The van der Waals surface area contributed by atoms with Gasteiger partial charge in [-0.2, -0.15) is 0 Å². The number of anilines is 1. The van der Waals surface area contributed by atoms with Gasteiger partial charge in [0.05, 0.1) is 14.2 Å². The lowest BCUT2D eigenvalue weighted by Crippen LogP contribution is -2.12. The van der Waals surface area contributed by atoms with Gasteiger partial charge in [-0.3, -0.25) is 4.79 Å². The highest BCUT2D eigenvalue weighted by atomic mass is 79.9. The Labute approximate surface area is 172 Å². The minimum Gasteiger partial charge on any atom is -0.497 e. The number of ether oxygens (including phenoxy) is 3. The van der Waals surface area contributed by atoms with Crippen LogP contribution in [0.3, 0.4) is 0 Å². The van der Waals surface area contributed by atoms with Crippen molar-refractivity contribution in [3.63, 3.8) is 0 Å². The van der Waals surface area contributed by atoms with Gasteiger partial charge in [0.25, 0.3) is 5.91 Å². The van der Waals surface area contributed by atoms with E-state index < -0.39 is 0 Å². The highest BCUT2D eigenvalue weighted by Crippen LogP contribution is 2.25. The molecule has 1 N–H and O–H groups in total. The number of halogens is 1. The molecular formula is C22H20BrNO4. The van der Waals surface area contributed by atoms with Crippen molar-refractivity contribution in [2.75, 3.05) is 19.5 Å². The van der Waals surface area contributed by atoms with Gasteiger partial charge in [-0.1, -0.05) is 28.1 Å². The first-order valence-corrected chi connectivity index (χ1v) is 9.39. The third kappa shape index (κ3) is 5.04. The molecule has 3 aromatic rings. The van der Waals surface area contributed by atoms with Gasteiger partial charge in [-0.15, -0.1) is 0 Å². The fraction of sp³-hybridized carbons (Fsp3) is 0.136. The van der Waals surface area contributed by atoms with Crippen molar-refractivity contribution in [1.29, 1.82) is 0 Å². The summed E-state index contributed by atoms with van der Waals surface area (Å²) < 4.78 is 17.4. The van der Waals surface area contributed by atoms with Gasteiger partial charge in [0, 0.05) is 27.4 Å². The molecule has 0 aliphatic rings. The lowest BCUT2D eigenvalue weighted by atomic mass is 10.1. The van der Waals surface area contributed by atoms with Gasteiger partial charge >= 0.3 is 0 Å². The van der Waals surface area contributed by atoms with Gasteiger partial charge in [-0.05, 0) is 48.5 Å². The molecule has 3 rings (SSSR count). The molecule has 0 saturated carbocycles. The van der Waals surface area contributed by atoms with E-state index >= 15 is 0 Å². The summed E-state index contributed by atoms with van der Waals surface area (Å²) in [5.41, 5.74) is 2.00. The molecule has 0 heterocycles. The second-order valence-corrected chi connectivity index (χ2v) is 6.87. The SMILES string of the molecule is COc1cccc(OCc2cc(C(=O)Nc3cccc(Br)c3)ccc2OC)c1. The fourth-order valence-electron chi connectivity index (χ4n) is 2.65. The predicted octanol–water partition coefficient (Wildman–Crippen LogP) is 5.30. The Morgan fingerprint density at radius 3 is 2.46 bits per heavy atom. The topological polar surface area (TPSA) is 56.8 Å². The molecule has 6 heteroatoms. The molecule has 0 fully saturated rings. The van der Waals surface area contributed by atoms with E-state index in [-0.39, 0.29) is 12.5 Å². The Morgan fingerprint density at radius 2 is 1.71 bits per heavy atom. The smallest absolute Gasteiger partial charge is 0.255 e. The summed E-state index contributed by atoms with van der Waals surface area (Å²) in [4.78, 5) is 12.6. The standard InChI is InChI=1S/C22H20BrNO4/c1-26-19-7-4-8-20(13-19)28-14-16-11-15(9-10-21(16)27-2)22(25)24-18-6-3-5-17(23)12-18/h3-13H,14H2,1-2H3,(H,24,25). The maximum absolute atomic E-state index is 12.6. The predicted molar refractivity (Wildman–Crippen MR) is 112 cm³/mol. The van der Waals surface area contributed by atoms with Crippen LogP contribution in [-0.2, 0) is 6.61 Å². The number of methoxy groups -OCH3 is 2. The first-order chi connectivity index (χ1) is 13.6. The van der Waals surface area contributed by atoms with Crippen molar-refractivity contribution in [2.45, 2.75) is 6.61 Å². The number of hydrogen-bond donors (Lipinski definition) is 1. The summed E-state index contributed by atoms with van der Waals surface area (Å²) in [5.74, 6) is 1.84. The summed E-state index contributed by atoms with van der Waals surface area (Å²) in [6.45, 7) is 0.258. The zero-order valence-electron chi connectivity index (χ0n) is 15.6. The van der Waals surface area contributed by atoms with Gasteiger partial charge in [-0.25, -0.2) is 0 Å². The van der Waals surface area contributed by atoms with Crippen LogP contribution in [0.4, 0.5) is 5.69 Å². The molecule has 0 radical (unpaired) electrons. The van der Waals surface area contributed by atoms with Crippen LogP contribution < -0.4 is 19.5 Å². The number of hydrogen-bond acceptors (Lipinski definition) is 4. The van der Waals surface area contributed by atoms with E-state index in [4.69, 9.17) is 14.2 Å². The highest BCUT2D eigenvalue weighted by Gasteiger charge is 2.12. The fourth-order valence-corrected chi connectivity index (χ4v) is 3.05. The van der Waals surface area contributed by atoms with E-state index in [1.165, 1.54) is 0 Å². The van der Waals surface area contributed by atoms with Gasteiger partial charge in [0.15, 0.2) is 0 Å². The molecular weight excluding hydrogens is 422 g/mol. The van der Waals surface area contributed by atoms with Crippen LogP contribution in [0.5, 0.6) is 17.2 Å². The molecule has 28 heavy (non-hydrogen) atoms. The summed E-state index contributed by atoms with van der Waals surface area (Å²) in [6, 6.07) is 20.0. The summed E-state index contributed by atoms with van der Waals surface area (Å²) in [5, 5.41) is 2.89. The van der Waals surface area contributed by atoms with Crippen molar-refractivity contribution in [2.24, 2.45) is 0 Å². The molecule has 144 valence electrons. The van der Waals surface area contributed by atoms with Gasteiger partial charge in [0.2, 0.25) is 0 Å². The quantitative estimate of drug-likeness (QED) is 0.540. The molecule has 0 atom stereocenters. The van der Waals surface area contributed by atoms with Crippen LogP contribution >= 0.6 is 15.9 Å². The van der Waals surface area contributed by atoms with Crippen molar-refractivity contribution in [3.05, 3.63) is 82.3 Å². The third-order valence-corrected chi connectivity index (χ3v) is 4.55. The van der Waals surface area contributed by atoms with E-state index in [0.29, 0.717) is 28.5 Å². The van der Waals surface area contributed by atoms with Crippen LogP contribution in [0.25, 0.3) is 0 Å². The Kier molecular flexibility index (Phi) is 6.55. The summed E-state index contributed by atoms with van der Waals surface area (Å²) in [7, 11) is 3.20. The van der Waals surface area contributed by atoms with Crippen LogP contribution in [0.15, 0.2) is 71.2 Å². The van der Waals surface area contributed by atoms with Crippen molar-refractivity contribution in [1.82, 2.24) is 0 Å². The number of benzene rings is 3.